The molecule has 0 saturated heterocycles. The molecule has 1 aromatic heterocycles. The zero-order valence-electron chi connectivity index (χ0n) is 10.9. The van der Waals surface area contributed by atoms with Crippen molar-refractivity contribution in [3.63, 3.8) is 0 Å². The fourth-order valence-corrected chi connectivity index (χ4v) is 1.85. The molecule has 0 spiro atoms. The summed E-state index contributed by atoms with van der Waals surface area (Å²) in [6.07, 6.45) is 3.10. The average Bonchev–Trinajstić information content (AvgIpc) is 2.43. The van der Waals surface area contributed by atoms with E-state index in [-0.39, 0.29) is 17.3 Å². The molecule has 0 bridgehead atoms. The standard InChI is InChI=1S/C14H17N3O2/c1-2-3-6-9-15-14(19)12-16-11-8-5-4-7-10(11)13(18)17-12/h4-5,7-8H,2-3,6,9H2,1H3,(H,15,19)(H,16,17,18). The number of rotatable bonds is 5. The van der Waals surface area contributed by atoms with E-state index in [2.05, 4.69) is 22.2 Å². The third-order valence-corrected chi connectivity index (χ3v) is 2.89. The molecule has 2 rings (SSSR count). The van der Waals surface area contributed by atoms with Gasteiger partial charge in [-0.15, -0.1) is 0 Å². The topological polar surface area (TPSA) is 74.8 Å². The maximum Gasteiger partial charge on any atom is 0.287 e. The van der Waals surface area contributed by atoms with Gasteiger partial charge in [-0.25, -0.2) is 4.98 Å². The molecule has 5 nitrogen and oxygen atoms in total. The summed E-state index contributed by atoms with van der Waals surface area (Å²) < 4.78 is 0. The number of nitrogens with zero attached hydrogens (tertiary/aromatic N) is 1. The quantitative estimate of drug-likeness (QED) is 0.804. The zero-order valence-corrected chi connectivity index (χ0v) is 10.9. The third kappa shape index (κ3) is 3.19. The van der Waals surface area contributed by atoms with E-state index in [1.807, 2.05) is 0 Å². The van der Waals surface area contributed by atoms with Gasteiger partial charge in [0.1, 0.15) is 0 Å². The van der Waals surface area contributed by atoms with Crippen molar-refractivity contribution in [1.29, 1.82) is 0 Å². The summed E-state index contributed by atoms with van der Waals surface area (Å²) in [4.78, 5) is 30.3. The number of nitrogens with one attached hydrogen (secondary N) is 2. The first kappa shape index (κ1) is 13.3. The minimum Gasteiger partial charge on any atom is -0.349 e. The lowest BCUT2D eigenvalue weighted by Crippen LogP contribution is -2.28. The number of aromatic amines is 1. The number of amides is 1. The highest BCUT2D eigenvalue weighted by Crippen LogP contribution is 2.05. The highest BCUT2D eigenvalue weighted by Gasteiger charge is 2.10. The van der Waals surface area contributed by atoms with Gasteiger partial charge in [0.15, 0.2) is 5.82 Å². The molecule has 1 amide bonds. The van der Waals surface area contributed by atoms with Crippen LogP contribution in [0.5, 0.6) is 0 Å². The van der Waals surface area contributed by atoms with Crippen molar-refractivity contribution < 1.29 is 4.79 Å². The number of benzene rings is 1. The van der Waals surface area contributed by atoms with E-state index in [1.165, 1.54) is 0 Å². The van der Waals surface area contributed by atoms with Crippen LogP contribution in [-0.2, 0) is 0 Å². The second kappa shape index (κ2) is 6.13. The smallest absolute Gasteiger partial charge is 0.287 e. The first-order valence-corrected chi connectivity index (χ1v) is 6.49. The highest BCUT2D eigenvalue weighted by atomic mass is 16.2. The Morgan fingerprint density at radius 2 is 2.11 bits per heavy atom. The summed E-state index contributed by atoms with van der Waals surface area (Å²) in [5.74, 6) is -0.265. The van der Waals surface area contributed by atoms with Gasteiger partial charge in [0.2, 0.25) is 0 Å². The molecular weight excluding hydrogens is 242 g/mol. The van der Waals surface area contributed by atoms with Crippen molar-refractivity contribution >= 4 is 16.8 Å². The number of H-pyrrole nitrogens is 1. The summed E-state index contributed by atoms with van der Waals surface area (Å²) in [6, 6.07) is 6.96. The molecule has 0 aliphatic carbocycles. The molecule has 5 heteroatoms. The fraction of sp³-hybridized carbons (Fsp3) is 0.357. The van der Waals surface area contributed by atoms with Gasteiger partial charge >= 0.3 is 0 Å². The van der Waals surface area contributed by atoms with E-state index in [4.69, 9.17) is 0 Å². The lowest BCUT2D eigenvalue weighted by atomic mass is 10.2. The van der Waals surface area contributed by atoms with E-state index in [9.17, 15) is 9.59 Å². The van der Waals surface area contributed by atoms with E-state index < -0.39 is 0 Å². The number of unbranched alkanes of at least 4 members (excludes halogenated alkanes) is 2. The van der Waals surface area contributed by atoms with Crippen LogP contribution in [-0.4, -0.2) is 22.4 Å². The molecule has 0 saturated carbocycles. The third-order valence-electron chi connectivity index (χ3n) is 2.89. The predicted molar refractivity (Wildman–Crippen MR) is 74.2 cm³/mol. The summed E-state index contributed by atoms with van der Waals surface area (Å²) in [6.45, 7) is 2.70. The van der Waals surface area contributed by atoms with Crippen molar-refractivity contribution in [2.75, 3.05) is 6.54 Å². The molecule has 0 aliphatic heterocycles. The Bertz CT molecular complexity index is 634. The Labute approximate surface area is 111 Å². The Kier molecular flexibility index (Phi) is 4.28. The van der Waals surface area contributed by atoms with Crippen molar-refractivity contribution in [2.45, 2.75) is 26.2 Å². The van der Waals surface area contributed by atoms with Gasteiger partial charge in [-0.2, -0.15) is 0 Å². The van der Waals surface area contributed by atoms with Crippen molar-refractivity contribution in [3.8, 4) is 0 Å². The van der Waals surface area contributed by atoms with Gasteiger partial charge in [0.25, 0.3) is 11.5 Å². The monoisotopic (exact) mass is 259 g/mol. The number of para-hydroxylation sites is 1. The normalized spacial score (nSPS) is 10.6. The summed E-state index contributed by atoms with van der Waals surface area (Å²) in [5.41, 5.74) is 0.245. The number of aromatic nitrogens is 2. The Morgan fingerprint density at radius 1 is 1.32 bits per heavy atom. The molecule has 100 valence electrons. The number of hydrogen-bond acceptors (Lipinski definition) is 3. The van der Waals surface area contributed by atoms with Crippen molar-refractivity contribution in [2.24, 2.45) is 0 Å². The van der Waals surface area contributed by atoms with Gasteiger partial charge in [-0.1, -0.05) is 31.9 Å². The van der Waals surface area contributed by atoms with Crippen LogP contribution >= 0.6 is 0 Å². The number of hydrogen-bond donors (Lipinski definition) is 2. The molecule has 0 fully saturated rings. The second-order valence-corrected chi connectivity index (χ2v) is 4.39. The van der Waals surface area contributed by atoms with Crippen LogP contribution in [0.3, 0.4) is 0 Å². The van der Waals surface area contributed by atoms with Crippen LogP contribution in [0.4, 0.5) is 0 Å². The maximum atomic E-state index is 11.9. The lowest BCUT2D eigenvalue weighted by Gasteiger charge is -2.04. The van der Waals surface area contributed by atoms with Gasteiger partial charge in [-0.05, 0) is 18.6 Å². The first-order valence-electron chi connectivity index (χ1n) is 6.49. The number of fused-ring (bicyclic) bond motifs is 1. The average molecular weight is 259 g/mol. The van der Waals surface area contributed by atoms with E-state index in [1.54, 1.807) is 24.3 Å². The molecule has 2 aromatic rings. The SMILES string of the molecule is CCCCCNC(=O)c1nc2ccccc2c(=O)[nH]1. The molecule has 0 aliphatic rings. The fourth-order valence-electron chi connectivity index (χ4n) is 1.85. The molecule has 1 aromatic carbocycles. The van der Waals surface area contributed by atoms with Crippen LogP contribution in [0.1, 0.15) is 36.8 Å². The highest BCUT2D eigenvalue weighted by molar-refractivity contribution is 5.92. The number of carbonyl (C=O) groups excluding carboxylic acids is 1. The molecule has 2 N–H and O–H groups in total. The van der Waals surface area contributed by atoms with Gasteiger partial charge < -0.3 is 10.3 Å². The molecule has 0 unspecified atom stereocenters. The van der Waals surface area contributed by atoms with Crippen molar-refractivity contribution in [1.82, 2.24) is 15.3 Å². The largest absolute Gasteiger partial charge is 0.349 e. The lowest BCUT2D eigenvalue weighted by molar-refractivity contribution is 0.0942. The predicted octanol–water partition coefficient (Wildman–Crippen LogP) is 1.84. The summed E-state index contributed by atoms with van der Waals surface area (Å²) in [7, 11) is 0. The van der Waals surface area contributed by atoms with E-state index in [0.717, 1.165) is 19.3 Å². The van der Waals surface area contributed by atoms with Crippen LogP contribution in [0.2, 0.25) is 0 Å². The summed E-state index contributed by atoms with van der Waals surface area (Å²) >= 11 is 0. The Morgan fingerprint density at radius 3 is 2.89 bits per heavy atom. The zero-order chi connectivity index (χ0) is 13.7. The minimum atomic E-state index is -0.334. The van der Waals surface area contributed by atoms with Crippen LogP contribution in [0.25, 0.3) is 10.9 Å². The second-order valence-electron chi connectivity index (χ2n) is 4.39. The molecule has 1 heterocycles. The van der Waals surface area contributed by atoms with Crippen molar-refractivity contribution in [3.05, 3.63) is 40.4 Å². The first-order chi connectivity index (χ1) is 9.22. The maximum absolute atomic E-state index is 11.9. The van der Waals surface area contributed by atoms with E-state index >= 15 is 0 Å². The Balaban J connectivity index is 2.16. The van der Waals surface area contributed by atoms with E-state index in [0.29, 0.717) is 17.4 Å². The van der Waals surface area contributed by atoms with Crippen LogP contribution in [0, 0.1) is 0 Å². The molecular formula is C14H17N3O2. The minimum absolute atomic E-state index is 0.0696. The van der Waals surface area contributed by atoms with Crippen LogP contribution < -0.4 is 10.9 Å². The van der Waals surface area contributed by atoms with Gasteiger partial charge in [0, 0.05) is 6.54 Å². The summed E-state index contributed by atoms with van der Waals surface area (Å²) in [5, 5.41) is 3.24. The number of carbonyl (C=O) groups is 1. The van der Waals surface area contributed by atoms with Gasteiger partial charge in [0.05, 0.1) is 10.9 Å². The molecule has 0 atom stereocenters. The molecule has 0 radical (unpaired) electrons. The van der Waals surface area contributed by atoms with Gasteiger partial charge in [-0.3, -0.25) is 9.59 Å². The Hall–Kier alpha value is -2.17. The molecule has 19 heavy (non-hydrogen) atoms. The van der Waals surface area contributed by atoms with Crippen LogP contribution in [0.15, 0.2) is 29.1 Å².